The van der Waals surface area contributed by atoms with Crippen LogP contribution in [0.3, 0.4) is 0 Å². The van der Waals surface area contributed by atoms with Crippen LogP contribution in [0.1, 0.15) is 12.8 Å². The Balaban J connectivity index is 1.55. The number of hydrogen-bond acceptors (Lipinski definition) is 6. The lowest BCUT2D eigenvalue weighted by Gasteiger charge is -2.34. The zero-order valence-corrected chi connectivity index (χ0v) is 12.0. The van der Waals surface area contributed by atoms with Crippen molar-refractivity contribution >= 4 is 11.9 Å². The van der Waals surface area contributed by atoms with Crippen LogP contribution in [-0.2, 0) is 9.53 Å². The number of anilines is 1. The summed E-state index contributed by atoms with van der Waals surface area (Å²) in [5, 5.41) is 6.26. The Morgan fingerprint density at radius 2 is 2.29 bits per heavy atom. The number of rotatable bonds is 3. The van der Waals surface area contributed by atoms with Gasteiger partial charge in [-0.2, -0.15) is 0 Å². The normalized spacial score (nSPS) is 26.4. The van der Waals surface area contributed by atoms with Crippen LogP contribution >= 0.6 is 0 Å². The van der Waals surface area contributed by atoms with Crippen LogP contribution < -0.4 is 15.5 Å². The lowest BCUT2D eigenvalue weighted by Crippen LogP contribution is -2.54. The maximum atomic E-state index is 12.2. The first-order valence-corrected chi connectivity index (χ1v) is 7.47. The molecule has 3 rings (SSSR count). The van der Waals surface area contributed by atoms with Crippen molar-refractivity contribution in [1.82, 2.24) is 20.6 Å². The maximum Gasteiger partial charge on any atom is 0.250 e. The first-order valence-electron chi connectivity index (χ1n) is 7.47. The largest absolute Gasteiger partial charge is 0.366 e. The Kier molecular flexibility index (Phi) is 4.62. The highest BCUT2D eigenvalue weighted by Crippen LogP contribution is 2.15. The Morgan fingerprint density at radius 1 is 1.43 bits per heavy atom. The van der Waals surface area contributed by atoms with Gasteiger partial charge >= 0.3 is 0 Å². The minimum Gasteiger partial charge on any atom is -0.366 e. The molecule has 21 heavy (non-hydrogen) atoms. The summed E-state index contributed by atoms with van der Waals surface area (Å²) in [6.45, 7) is 3.66. The smallest absolute Gasteiger partial charge is 0.250 e. The highest BCUT2D eigenvalue weighted by Gasteiger charge is 2.27. The van der Waals surface area contributed by atoms with Crippen molar-refractivity contribution in [3.63, 3.8) is 0 Å². The van der Waals surface area contributed by atoms with E-state index in [1.54, 1.807) is 18.5 Å². The number of aromatic nitrogens is 2. The van der Waals surface area contributed by atoms with Crippen LogP contribution in [0.5, 0.6) is 0 Å². The molecule has 2 saturated heterocycles. The van der Waals surface area contributed by atoms with Crippen molar-refractivity contribution in [2.24, 2.45) is 0 Å². The number of nitrogens with one attached hydrogen (secondary N) is 2. The standard InChI is InChI=1S/C14H21N5O2/c20-13(12-9-15-6-8-21-12)18-11-3-1-7-19(10-11)14-16-4-2-5-17-14/h2,4-5,11-12,15H,1,3,6-10H2,(H,18,20). The zero-order valence-electron chi connectivity index (χ0n) is 12.0. The first-order chi connectivity index (χ1) is 10.3. The molecule has 1 amide bonds. The molecule has 7 nitrogen and oxygen atoms in total. The summed E-state index contributed by atoms with van der Waals surface area (Å²) in [6, 6.07) is 1.93. The fourth-order valence-electron chi connectivity index (χ4n) is 2.76. The van der Waals surface area contributed by atoms with E-state index in [2.05, 4.69) is 25.5 Å². The number of hydrogen-bond donors (Lipinski definition) is 2. The van der Waals surface area contributed by atoms with E-state index in [9.17, 15) is 4.79 Å². The number of morpholine rings is 1. The fraction of sp³-hybridized carbons (Fsp3) is 0.643. The van der Waals surface area contributed by atoms with E-state index in [4.69, 9.17) is 4.74 Å². The minimum absolute atomic E-state index is 0.0250. The van der Waals surface area contributed by atoms with E-state index in [0.29, 0.717) is 13.2 Å². The third-order valence-corrected chi connectivity index (χ3v) is 3.82. The molecular formula is C14H21N5O2. The molecule has 2 atom stereocenters. The Labute approximate surface area is 124 Å². The molecule has 2 aliphatic heterocycles. The number of piperidine rings is 1. The van der Waals surface area contributed by atoms with Gasteiger partial charge < -0.3 is 20.3 Å². The number of carbonyl (C=O) groups excluding carboxylic acids is 1. The highest BCUT2D eigenvalue weighted by atomic mass is 16.5. The second kappa shape index (κ2) is 6.82. The van der Waals surface area contributed by atoms with E-state index in [-0.39, 0.29) is 18.1 Å². The molecule has 0 aromatic carbocycles. The van der Waals surface area contributed by atoms with Gasteiger partial charge in [-0.25, -0.2) is 9.97 Å². The molecule has 2 fully saturated rings. The van der Waals surface area contributed by atoms with E-state index in [1.807, 2.05) is 0 Å². The van der Waals surface area contributed by atoms with Crippen molar-refractivity contribution in [3.8, 4) is 0 Å². The number of amides is 1. The average molecular weight is 291 g/mol. The van der Waals surface area contributed by atoms with Crippen LogP contribution in [-0.4, -0.2) is 60.8 Å². The van der Waals surface area contributed by atoms with Crippen LogP contribution in [0.4, 0.5) is 5.95 Å². The third kappa shape index (κ3) is 3.68. The van der Waals surface area contributed by atoms with Crippen molar-refractivity contribution in [3.05, 3.63) is 18.5 Å². The summed E-state index contributed by atoms with van der Waals surface area (Å²) in [7, 11) is 0. The monoisotopic (exact) mass is 291 g/mol. The molecular weight excluding hydrogens is 270 g/mol. The van der Waals surface area contributed by atoms with Crippen LogP contribution in [0.15, 0.2) is 18.5 Å². The molecule has 3 heterocycles. The molecule has 1 aromatic rings. The molecule has 1 aromatic heterocycles. The summed E-state index contributed by atoms with van der Waals surface area (Å²) >= 11 is 0. The molecule has 0 spiro atoms. The molecule has 0 radical (unpaired) electrons. The van der Waals surface area contributed by atoms with Gasteiger partial charge in [0.05, 0.1) is 6.61 Å². The van der Waals surface area contributed by atoms with Gasteiger partial charge in [-0.15, -0.1) is 0 Å². The van der Waals surface area contributed by atoms with E-state index in [0.717, 1.165) is 38.4 Å². The Bertz CT molecular complexity index is 464. The molecule has 2 N–H and O–H groups in total. The summed E-state index contributed by atoms with van der Waals surface area (Å²) in [5.74, 6) is 0.704. The molecule has 2 aliphatic rings. The van der Waals surface area contributed by atoms with Crippen molar-refractivity contribution in [2.75, 3.05) is 37.7 Å². The van der Waals surface area contributed by atoms with Gasteiger partial charge in [0, 0.05) is 44.6 Å². The lowest BCUT2D eigenvalue weighted by molar-refractivity contribution is -0.135. The number of carbonyl (C=O) groups is 1. The van der Waals surface area contributed by atoms with Gasteiger partial charge in [-0.3, -0.25) is 4.79 Å². The average Bonchev–Trinajstić information content (AvgIpc) is 2.57. The summed E-state index contributed by atoms with van der Waals surface area (Å²) in [6.07, 6.45) is 5.11. The molecule has 0 bridgehead atoms. The van der Waals surface area contributed by atoms with Crippen molar-refractivity contribution in [2.45, 2.75) is 25.0 Å². The van der Waals surface area contributed by atoms with E-state index in [1.165, 1.54) is 0 Å². The molecule has 114 valence electrons. The molecule has 7 heteroatoms. The molecule has 0 saturated carbocycles. The topological polar surface area (TPSA) is 79.4 Å². The predicted molar refractivity (Wildman–Crippen MR) is 78.0 cm³/mol. The summed E-state index contributed by atoms with van der Waals surface area (Å²) < 4.78 is 5.48. The van der Waals surface area contributed by atoms with Crippen LogP contribution in [0, 0.1) is 0 Å². The van der Waals surface area contributed by atoms with Crippen molar-refractivity contribution < 1.29 is 9.53 Å². The first kappa shape index (κ1) is 14.2. The third-order valence-electron chi connectivity index (χ3n) is 3.82. The van der Waals surface area contributed by atoms with Crippen LogP contribution in [0.25, 0.3) is 0 Å². The summed E-state index contributed by atoms with van der Waals surface area (Å²) in [4.78, 5) is 22.8. The fourth-order valence-corrected chi connectivity index (χ4v) is 2.76. The minimum atomic E-state index is -0.373. The van der Waals surface area contributed by atoms with E-state index >= 15 is 0 Å². The van der Waals surface area contributed by atoms with Gasteiger partial charge in [0.25, 0.3) is 5.91 Å². The zero-order chi connectivity index (χ0) is 14.5. The second-order valence-corrected chi connectivity index (χ2v) is 5.41. The van der Waals surface area contributed by atoms with Gasteiger partial charge in [0.2, 0.25) is 5.95 Å². The summed E-state index contributed by atoms with van der Waals surface area (Å²) in [5.41, 5.74) is 0. The Morgan fingerprint density at radius 3 is 3.05 bits per heavy atom. The van der Waals surface area contributed by atoms with Crippen LogP contribution in [0.2, 0.25) is 0 Å². The SMILES string of the molecule is O=C(NC1CCCN(c2ncccn2)C1)C1CNCCO1. The second-order valence-electron chi connectivity index (χ2n) is 5.41. The Hall–Kier alpha value is -1.73. The highest BCUT2D eigenvalue weighted by molar-refractivity contribution is 5.81. The molecule has 2 unspecified atom stereocenters. The quantitative estimate of drug-likeness (QED) is 0.785. The van der Waals surface area contributed by atoms with E-state index < -0.39 is 0 Å². The van der Waals surface area contributed by atoms with Gasteiger partial charge in [0.15, 0.2) is 0 Å². The number of nitrogens with zero attached hydrogens (tertiary/aromatic N) is 3. The van der Waals surface area contributed by atoms with Gasteiger partial charge in [0.1, 0.15) is 6.10 Å². The lowest BCUT2D eigenvalue weighted by atomic mass is 10.1. The van der Waals surface area contributed by atoms with Gasteiger partial charge in [-0.1, -0.05) is 0 Å². The van der Waals surface area contributed by atoms with Crippen molar-refractivity contribution in [1.29, 1.82) is 0 Å². The maximum absolute atomic E-state index is 12.2. The molecule has 0 aliphatic carbocycles. The number of ether oxygens (including phenoxy) is 1. The predicted octanol–water partition coefficient (Wildman–Crippen LogP) is -0.450. The van der Waals surface area contributed by atoms with Gasteiger partial charge in [-0.05, 0) is 18.9 Å².